The highest BCUT2D eigenvalue weighted by Crippen LogP contribution is 2.30. The van der Waals surface area contributed by atoms with E-state index in [2.05, 4.69) is 4.98 Å². The molecular weight excluding hydrogens is 397 g/mol. The van der Waals surface area contributed by atoms with Crippen LogP contribution in [-0.2, 0) is 12.8 Å². The lowest BCUT2D eigenvalue weighted by atomic mass is 10.1. The molecule has 0 bridgehead atoms. The molecule has 0 amide bonds. The van der Waals surface area contributed by atoms with Gasteiger partial charge in [0.05, 0.1) is 12.3 Å². The maximum atomic E-state index is 12.8. The van der Waals surface area contributed by atoms with Crippen molar-refractivity contribution in [2.24, 2.45) is 0 Å². The van der Waals surface area contributed by atoms with Crippen molar-refractivity contribution in [1.82, 2.24) is 9.97 Å². The average Bonchev–Trinajstić information content (AvgIpc) is 2.71. The first-order valence-corrected chi connectivity index (χ1v) is 9.15. The van der Waals surface area contributed by atoms with E-state index in [0.717, 1.165) is 11.6 Å². The fourth-order valence-electron chi connectivity index (χ4n) is 2.65. The number of aromatic amines is 1. The zero-order valence-corrected chi connectivity index (χ0v) is 16.1. The van der Waals surface area contributed by atoms with Gasteiger partial charge >= 0.3 is 11.9 Å². The molecule has 0 saturated carbocycles. The van der Waals surface area contributed by atoms with Crippen molar-refractivity contribution in [3.05, 3.63) is 87.6 Å². The van der Waals surface area contributed by atoms with Gasteiger partial charge < -0.3 is 14.5 Å². The van der Waals surface area contributed by atoms with Crippen LogP contribution in [0.4, 0.5) is 13.2 Å². The van der Waals surface area contributed by atoms with Crippen molar-refractivity contribution in [2.75, 3.05) is 6.61 Å². The monoisotopic (exact) mass is 416 g/mol. The molecule has 0 aliphatic rings. The van der Waals surface area contributed by atoms with Crippen LogP contribution in [0.3, 0.4) is 0 Å². The second-order valence-corrected chi connectivity index (χ2v) is 6.27. The minimum absolute atomic E-state index is 0.103. The van der Waals surface area contributed by atoms with Gasteiger partial charge in [0.15, 0.2) is 11.5 Å². The Bertz CT molecular complexity index is 1080. The lowest BCUT2D eigenvalue weighted by Crippen LogP contribution is -2.19. The van der Waals surface area contributed by atoms with Gasteiger partial charge in [0.25, 0.3) is 0 Å². The Morgan fingerprint density at radius 2 is 1.77 bits per heavy atom. The number of aromatic nitrogens is 2. The van der Waals surface area contributed by atoms with E-state index in [-0.39, 0.29) is 5.69 Å². The van der Waals surface area contributed by atoms with E-state index >= 15 is 0 Å². The van der Waals surface area contributed by atoms with Gasteiger partial charge in [-0.15, -0.1) is 0 Å². The molecule has 0 fully saturated rings. The van der Waals surface area contributed by atoms with Gasteiger partial charge in [-0.2, -0.15) is 18.2 Å². The van der Waals surface area contributed by atoms with Crippen LogP contribution in [0, 0.1) is 0 Å². The highest BCUT2D eigenvalue weighted by Gasteiger charge is 2.32. The van der Waals surface area contributed by atoms with Gasteiger partial charge in [0, 0.05) is 0 Å². The summed E-state index contributed by atoms with van der Waals surface area (Å²) in [6.45, 7) is 2.62. The molecule has 0 radical (unpaired) electrons. The van der Waals surface area contributed by atoms with Crippen molar-refractivity contribution in [3.63, 3.8) is 0 Å². The number of benzene rings is 2. The molecule has 0 aliphatic carbocycles. The quantitative estimate of drug-likeness (QED) is 0.593. The molecule has 0 atom stereocenters. The Balaban J connectivity index is 1.80. The Morgan fingerprint density at radius 3 is 2.47 bits per heavy atom. The number of hydrogen-bond acceptors (Lipinski definition) is 4. The maximum Gasteiger partial charge on any atom is 0.431 e. The van der Waals surface area contributed by atoms with Gasteiger partial charge in [-0.3, -0.25) is 0 Å². The lowest BCUT2D eigenvalue weighted by Gasteiger charge is -2.12. The maximum absolute atomic E-state index is 12.8. The molecule has 8 heteroatoms. The smallest absolute Gasteiger partial charge is 0.431 e. The van der Waals surface area contributed by atoms with Crippen LogP contribution in [0.2, 0.25) is 0 Å². The highest BCUT2D eigenvalue weighted by atomic mass is 19.4. The largest absolute Gasteiger partial charge is 0.490 e. The van der Waals surface area contributed by atoms with E-state index in [1.807, 2.05) is 37.3 Å². The van der Waals surface area contributed by atoms with E-state index in [0.29, 0.717) is 30.3 Å². The SMILES string of the molecule is CCOc1cc(/C=C/c2cc(C(F)(F)F)[nH]c(=O)n2)ccc1OCc1ccccc1. The third-order valence-electron chi connectivity index (χ3n) is 4.02. The zero-order valence-electron chi connectivity index (χ0n) is 16.1. The highest BCUT2D eigenvalue weighted by molar-refractivity contribution is 5.69. The Labute approximate surface area is 170 Å². The van der Waals surface area contributed by atoms with Gasteiger partial charge in [-0.05, 0) is 42.3 Å². The van der Waals surface area contributed by atoms with Gasteiger partial charge in [-0.1, -0.05) is 42.5 Å². The number of nitrogens with zero attached hydrogens (tertiary/aromatic N) is 1. The summed E-state index contributed by atoms with van der Waals surface area (Å²) in [5.41, 5.74) is -0.662. The third-order valence-corrected chi connectivity index (χ3v) is 4.02. The molecular formula is C22H19F3N2O3. The van der Waals surface area contributed by atoms with Gasteiger partial charge in [0.1, 0.15) is 12.3 Å². The molecule has 0 unspecified atom stereocenters. The number of rotatable bonds is 7. The molecule has 3 rings (SSSR count). The van der Waals surface area contributed by atoms with Crippen molar-refractivity contribution < 1.29 is 22.6 Å². The van der Waals surface area contributed by atoms with Crippen LogP contribution in [0.1, 0.15) is 29.4 Å². The zero-order chi connectivity index (χ0) is 21.6. The number of hydrogen-bond donors (Lipinski definition) is 1. The molecule has 5 nitrogen and oxygen atoms in total. The van der Waals surface area contributed by atoms with Gasteiger partial charge in [0.2, 0.25) is 0 Å². The van der Waals surface area contributed by atoms with E-state index in [4.69, 9.17) is 9.47 Å². The summed E-state index contributed by atoms with van der Waals surface area (Å²) in [4.78, 5) is 16.6. The minimum Gasteiger partial charge on any atom is -0.490 e. The molecule has 0 saturated heterocycles. The van der Waals surface area contributed by atoms with Crippen molar-refractivity contribution in [2.45, 2.75) is 19.7 Å². The number of H-pyrrole nitrogens is 1. The molecule has 0 aliphatic heterocycles. The number of alkyl halides is 3. The van der Waals surface area contributed by atoms with E-state index in [1.54, 1.807) is 29.3 Å². The molecule has 1 N–H and O–H groups in total. The summed E-state index contributed by atoms with van der Waals surface area (Å²) in [5, 5.41) is 0. The fourth-order valence-corrected chi connectivity index (χ4v) is 2.65. The fraction of sp³-hybridized carbons (Fsp3) is 0.182. The second kappa shape index (κ2) is 9.30. The Kier molecular flexibility index (Phi) is 6.56. The summed E-state index contributed by atoms with van der Waals surface area (Å²) in [6, 6.07) is 15.6. The van der Waals surface area contributed by atoms with E-state index < -0.39 is 17.6 Å². The number of nitrogens with one attached hydrogen (secondary N) is 1. The van der Waals surface area contributed by atoms with Crippen LogP contribution < -0.4 is 15.2 Å². The molecule has 0 spiro atoms. The summed E-state index contributed by atoms with van der Waals surface area (Å²) < 4.78 is 50.0. The van der Waals surface area contributed by atoms with E-state index in [1.165, 1.54) is 6.08 Å². The first-order chi connectivity index (χ1) is 14.3. The Hall–Kier alpha value is -3.55. The van der Waals surface area contributed by atoms with Crippen LogP contribution >= 0.6 is 0 Å². The summed E-state index contributed by atoms with van der Waals surface area (Å²) in [7, 11) is 0. The van der Waals surface area contributed by atoms with Crippen LogP contribution in [0.25, 0.3) is 12.2 Å². The summed E-state index contributed by atoms with van der Waals surface area (Å²) in [6.07, 6.45) is -1.78. The molecule has 3 aromatic rings. The summed E-state index contributed by atoms with van der Waals surface area (Å²) >= 11 is 0. The van der Waals surface area contributed by atoms with Crippen LogP contribution in [0.5, 0.6) is 11.5 Å². The van der Waals surface area contributed by atoms with Crippen molar-refractivity contribution >= 4 is 12.2 Å². The molecule has 2 aromatic carbocycles. The van der Waals surface area contributed by atoms with Crippen LogP contribution in [-0.4, -0.2) is 16.6 Å². The molecule has 156 valence electrons. The first kappa shape index (κ1) is 21.2. The average molecular weight is 416 g/mol. The lowest BCUT2D eigenvalue weighted by molar-refractivity contribution is -0.141. The molecule has 30 heavy (non-hydrogen) atoms. The van der Waals surface area contributed by atoms with Crippen LogP contribution in [0.15, 0.2) is 59.4 Å². The predicted molar refractivity (Wildman–Crippen MR) is 107 cm³/mol. The van der Waals surface area contributed by atoms with Gasteiger partial charge in [-0.25, -0.2) is 4.79 Å². The second-order valence-electron chi connectivity index (χ2n) is 6.27. The van der Waals surface area contributed by atoms with Crippen molar-refractivity contribution in [3.8, 4) is 11.5 Å². The van der Waals surface area contributed by atoms with E-state index in [9.17, 15) is 18.0 Å². The third kappa shape index (κ3) is 5.73. The Morgan fingerprint density at radius 1 is 1.00 bits per heavy atom. The number of halogens is 3. The number of ether oxygens (including phenoxy) is 2. The predicted octanol–water partition coefficient (Wildman–Crippen LogP) is 4.94. The molecule has 1 heterocycles. The summed E-state index contributed by atoms with van der Waals surface area (Å²) in [5.74, 6) is 1.05. The standard InChI is InChI=1S/C22H19F3N2O3/c1-2-29-19-12-15(9-11-18(19)30-14-16-6-4-3-5-7-16)8-10-17-13-20(22(23,24)25)27-21(28)26-17/h3-13H,2,14H2,1H3,(H,26,27,28)/b10-8+. The topological polar surface area (TPSA) is 64.2 Å². The normalized spacial score (nSPS) is 11.6. The first-order valence-electron chi connectivity index (χ1n) is 9.15. The minimum atomic E-state index is -4.66. The molecule has 1 aromatic heterocycles. The van der Waals surface area contributed by atoms with Crippen molar-refractivity contribution in [1.29, 1.82) is 0 Å².